The molecule has 0 aliphatic rings. The summed E-state index contributed by atoms with van der Waals surface area (Å²) in [5, 5.41) is 0. The van der Waals surface area contributed by atoms with Crippen molar-refractivity contribution in [2.75, 3.05) is 25.3 Å². The second kappa shape index (κ2) is 7.70. The number of amides is 1. The molecule has 0 aliphatic carbocycles. The quantitative estimate of drug-likeness (QED) is 0.809. The number of rotatable bonds is 6. The van der Waals surface area contributed by atoms with Crippen LogP contribution in [-0.4, -0.2) is 40.3 Å². The summed E-state index contributed by atoms with van der Waals surface area (Å²) in [4.78, 5) is 14.6. The van der Waals surface area contributed by atoms with E-state index in [-0.39, 0.29) is 11.8 Å². The maximum absolute atomic E-state index is 12.1. The molecule has 2 atom stereocenters. The monoisotopic (exact) mass is 299 g/mol. The van der Waals surface area contributed by atoms with E-state index >= 15 is 0 Å². The maximum Gasteiger partial charge on any atom is 0.226 e. The SMILES string of the molecule is CSC[C@@H](C)C(=O)N(C)Cc1ccc([S@](C)=O)cc1. The first-order valence-electron chi connectivity index (χ1n) is 6.12. The van der Waals surface area contributed by atoms with Gasteiger partial charge in [0.05, 0.1) is 0 Å². The fourth-order valence-corrected chi connectivity index (χ4v) is 3.00. The second-order valence-electron chi connectivity index (χ2n) is 4.65. The lowest BCUT2D eigenvalue weighted by Gasteiger charge is -2.21. The molecule has 0 radical (unpaired) electrons. The molecule has 0 fully saturated rings. The van der Waals surface area contributed by atoms with Gasteiger partial charge in [0.15, 0.2) is 0 Å². The predicted molar refractivity (Wildman–Crippen MR) is 82.8 cm³/mol. The van der Waals surface area contributed by atoms with Gasteiger partial charge in [-0.05, 0) is 24.0 Å². The third kappa shape index (κ3) is 4.99. The molecule has 0 spiro atoms. The van der Waals surface area contributed by atoms with Gasteiger partial charge in [-0.1, -0.05) is 19.1 Å². The Bertz CT molecular complexity index is 445. The third-order valence-electron chi connectivity index (χ3n) is 2.89. The van der Waals surface area contributed by atoms with E-state index in [1.54, 1.807) is 22.9 Å². The van der Waals surface area contributed by atoms with Gasteiger partial charge in [-0.25, -0.2) is 0 Å². The van der Waals surface area contributed by atoms with Crippen molar-refractivity contribution < 1.29 is 9.00 Å². The van der Waals surface area contributed by atoms with Gasteiger partial charge in [0, 0.05) is 47.2 Å². The first kappa shape index (κ1) is 16.2. The minimum absolute atomic E-state index is 0.0439. The number of carbonyl (C=O) groups is 1. The zero-order chi connectivity index (χ0) is 14.4. The highest BCUT2D eigenvalue weighted by Crippen LogP contribution is 2.12. The standard InChI is InChI=1S/C14H21NO2S2/c1-11(10-18-3)14(16)15(2)9-12-5-7-13(8-6-12)19(4)17/h5-8,11H,9-10H2,1-4H3/t11-,19+/m1/s1. The molecule has 0 aromatic heterocycles. The third-order valence-corrected chi connectivity index (χ3v) is 4.66. The molecule has 3 nitrogen and oxygen atoms in total. The molecule has 0 aliphatic heterocycles. The van der Waals surface area contributed by atoms with Crippen LogP contribution in [0.4, 0.5) is 0 Å². The summed E-state index contributed by atoms with van der Waals surface area (Å²) >= 11 is 1.69. The lowest BCUT2D eigenvalue weighted by molar-refractivity contribution is -0.133. The van der Waals surface area contributed by atoms with Crippen molar-refractivity contribution in [3.05, 3.63) is 29.8 Å². The summed E-state index contributed by atoms with van der Waals surface area (Å²) in [6, 6.07) is 7.57. The van der Waals surface area contributed by atoms with Crippen molar-refractivity contribution in [1.82, 2.24) is 4.90 Å². The van der Waals surface area contributed by atoms with Crippen LogP contribution >= 0.6 is 11.8 Å². The minimum Gasteiger partial charge on any atom is -0.341 e. The molecule has 0 unspecified atom stereocenters. The van der Waals surface area contributed by atoms with E-state index in [4.69, 9.17) is 0 Å². The van der Waals surface area contributed by atoms with Gasteiger partial charge in [-0.3, -0.25) is 9.00 Å². The normalized spacial score (nSPS) is 13.9. The fraction of sp³-hybridized carbons (Fsp3) is 0.500. The summed E-state index contributed by atoms with van der Waals surface area (Å²) < 4.78 is 11.3. The van der Waals surface area contributed by atoms with Crippen LogP contribution in [0.2, 0.25) is 0 Å². The van der Waals surface area contributed by atoms with Crippen LogP contribution in [0.25, 0.3) is 0 Å². The van der Waals surface area contributed by atoms with Crippen molar-refractivity contribution in [3.8, 4) is 0 Å². The first-order chi connectivity index (χ1) is 8.95. The van der Waals surface area contributed by atoms with Gasteiger partial charge in [0.1, 0.15) is 0 Å². The topological polar surface area (TPSA) is 37.4 Å². The zero-order valence-electron chi connectivity index (χ0n) is 11.9. The first-order valence-corrected chi connectivity index (χ1v) is 9.07. The highest BCUT2D eigenvalue weighted by Gasteiger charge is 2.16. The molecule has 0 N–H and O–H groups in total. The Hall–Kier alpha value is -0.810. The largest absolute Gasteiger partial charge is 0.341 e. The predicted octanol–water partition coefficient (Wildman–Crippen LogP) is 2.38. The lowest BCUT2D eigenvalue weighted by atomic mass is 10.1. The van der Waals surface area contributed by atoms with Crippen molar-refractivity contribution in [2.45, 2.75) is 18.4 Å². The van der Waals surface area contributed by atoms with Crippen LogP contribution in [0.15, 0.2) is 29.2 Å². The Balaban J connectivity index is 2.63. The molecule has 1 rings (SSSR count). The van der Waals surface area contributed by atoms with E-state index in [1.165, 1.54) is 0 Å². The lowest BCUT2D eigenvalue weighted by Crippen LogP contribution is -2.32. The van der Waals surface area contributed by atoms with E-state index in [0.29, 0.717) is 6.54 Å². The second-order valence-corrected chi connectivity index (χ2v) is 6.94. The zero-order valence-corrected chi connectivity index (χ0v) is 13.5. The molecular formula is C14H21NO2S2. The van der Waals surface area contributed by atoms with Crippen LogP contribution in [-0.2, 0) is 22.1 Å². The maximum atomic E-state index is 12.1. The van der Waals surface area contributed by atoms with E-state index in [2.05, 4.69) is 0 Å². The van der Waals surface area contributed by atoms with Crippen molar-refractivity contribution in [2.24, 2.45) is 5.92 Å². The summed E-state index contributed by atoms with van der Waals surface area (Å²) in [6.45, 7) is 2.55. The number of nitrogens with zero attached hydrogens (tertiary/aromatic N) is 1. The Kier molecular flexibility index (Phi) is 6.58. The molecule has 5 heteroatoms. The van der Waals surface area contributed by atoms with Crippen LogP contribution in [0.5, 0.6) is 0 Å². The van der Waals surface area contributed by atoms with E-state index < -0.39 is 10.8 Å². The van der Waals surface area contributed by atoms with E-state index in [9.17, 15) is 9.00 Å². The molecule has 19 heavy (non-hydrogen) atoms. The Morgan fingerprint density at radius 1 is 1.37 bits per heavy atom. The average Bonchev–Trinajstić information content (AvgIpc) is 2.38. The van der Waals surface area contributed by atoms with Crippen LogP contribution in [0.3, 0.4) is 0 Å². The fourth-order valence-electron chi connectivity index (χ4n) is 1.84. The summed E-state index contributed by atoms with van der Waals surface area (Å²) in [5.74, 6) is 1.05. The Morgan fingerprint density at radius 2 is 1.95 bits per heavy atom. The molecule has 1 aromatic carbocycles. The Labute approximate surface area is 122 Å². The Morgan fingerprint density at radius 3 is 2.42 bits per heavy atom. The smallest absolute Gasteiger partial charge is 0.226 e. The highest BCUT2D eigenvalue weighted by molar-refractivity contribution is 7.98. The van der Waals surface area contributed by atoms with Crippen LogP contribution in [0, 0.1) is 5.92 Å². The van der Waals surface area contributed by atoms with Gasteiger partial charge in [-0.15, -0.1) is 0 Å². The molecule has 0 bridgehead atoms. The number of hydrogen-bond donors (Lipinski definition) is 0. The van der Waals surface area contributed by atoms with E-state index in [1.807, 2.05) is 44.5 Å². The number of hydrogen-bond acceptors (Lipinski definition) is 3. The number of benzene rings is 1. The number of thioether (sulfide) groups is 1. The van der Waals surface area contributed by atoms with Gasteiger partial charge >= 0.3 is 0 Å². The highest BCUT2D eigenvalue weighted by atomic mass is 32.2. The molecule has 0 saturated heterocycles. The molecule has 106 valence electrons. The van der Waals surface area contributed by atoms with Crippen molar-refractivity contribution in [1.29, 1.82) is 0 Å². The van der Waals surface area contributed by atoms with Gasteiger partial charge in [0.25, 0.3) is 0 Å². The number of carbonyl (C=O) groups excluding carboxylic acids is 1. The van der Waals surface area contributed by atoms with Gasteiger partial charge in [-0.2, -0.15) is 11.8 Å². The van der Waals surface area contributed by atoms with Crippen LogP contribution in [0.1, 0.15) is 12.5 Å². The van der Waals surface area contributed by atoms with Crippen molar-refractivity contribution in [3.63, 3.8) is 0 Å². The van der Waals surface area contributed by atoms with Gasteiger partial charge in [0.2, 0.25) is 5.91 Å². The summed E-state index contributed by atoms with van der Waals surface area (Å²) in [7, 11) is 0.872. The van der Waals surface area contributed by atoms with Crippen molar-refractivity contribution >= 4 is 28.5 Å². The average molecular weight is 299 g/mol. The molecule has 1 amide bonds. The van der Waals surface area contributed by atoms with E-state index in [0.717, 1.165) is 16.2 Å². The molecule has 0 saturated carbocycles. The van der Waals surface area contributed by atoms with Gasteiger partial charge < -0.3 is 4.90 Å². The molecule has 0 heterocycles. The molecule has 1 aromatic rings. The summed E-state index contributed by atoms with van der Waals surface area (Å²) in [5.41, 5.74) is 1.06. The molecular weight excluding hydrogens is 278 g/mol. The minimum atomic E-state index is -0.952. The summed E-state index contributed by atoms with van der Waals surface area (Å²) in [6.07, 6.45) is 3.67. The van der Waals surface area contributed by atoms with Crippen LogP contribution < -0.4 is 0 Å².